The maximum Gasteiger partial charge on any atom is 0.376 e. The average molecular weight is 252 g/mol. The van der Waals surface area contributed by atoms with Gasteiger partial charge in [0.2, 0.25) is 5.82 Å². The van der Waals surface area contributed by atoms with Crippen LogP contribution in [0.3, 0.4) is 0 Å². The zero-order chi connectivity index (χ0) is 13.7. The molecular formula is C12H20N4O2. The SMILES string of the molecule is COC(=O)c1nc(C)cc(NCC(N)C(C)C)n1. The Balaban J connectivity index is 2.77. The molecule has 1 heterocycles. The Morgan fingerprint density at radius 2 is 2.17 bits per heavy atom. The molecule has 0 aromatic carbocycles. The molecule has 6 nitrogen and oxygen atoms in total. The van der Waals surface area contributed by atoms with Crippen LogP contribution in [0.5, 0.6) is 0 Å². The van der Waals surface area contributed by atoms with Crippen LogP contribution in [0.1, 0.15) is 30.2 Å². The minimum absolute atomic E-state index is 0.0295. The molecule has 1 atom stereocenters. The van der Waals surface area contributed by atoms with E-state index in [-0.39, 0.29) is 11.9 Å². The third-order valence-corrected chi connectivity index (χ3v) is 2.60. The number of methoxy groups -OCH3 is 1. The molecule has 0 amide bonds. The zero-order valence-corrected chi connectivity index (χ0v) is 11.2. The van der Waals surface area contributed by atoms with Crippen LogP contribution in [0.25, 0.3) is 0 Å². The largest absolute Gasteiger partial charge is 0.463 e. The van der Waals surface area contributed by atoms with Crippen molar-refractivity contribution in [3.05, 3.63) is 17.6 Å². The average Bonchev–Trinajstić information content (AvgIpc) is 2.34. The molecule has 1 rings (SSSR count). The van der Waals surface area contributed by atoms with E-state index in [1.165, 1.54) is 7.11 Å². The second-order valence-corrected chi connectivity index (χ2v) is 4.50. The van der Waals surface area contributed by atoms with Crippen molar-refractivity contribution in [3.63, 3.8) is 0 Å². The van der Waals surface area contributed by atoms with Gasteiger partial charge in [-0.2, -0.15) is 0 Å². The number of carbonyl (C=O) groups excluding carboxylic acids is 1. The molecule has 0 aliphatic carbocycles. The van der Waals surface area contributed by atoms with Gasteiger partial charge in [0.15, 0.2) is 0 Å². The van der Waals surface area contributed by atoms with Gasteiger partial charge in [0.05, 0.1) is 7.11 Å². The number of aromatic nitrogens is 2. The predicted octanol–water partition coefficient (Wildman–Crippen LogP) is 0.967. The number of aryl methyl sites for hydroxylation is 1. The molecule has 1 aromatic heterocycles. The smallest absolute Gasteiger partial charge is 0.376 e. The molecule has 1 aromatic rings. The molecule has 0 saturated carbocycles. The highest BCUT2D eigenvalue weighted by Gasteiger charge is 2.12. The fourth-order valence-electron chi connectivity index (χ4n) is 1.30. The van der Waals surface area contributed by atoms with E-state index < -0.39 is 5.97 Å². The first-order chi connectivity index (χ1) is 8.43. The minimum Gasteiger partial charge on any atom is -0.463 e. The van der Waals surface area contributed by atoms with Crippen LogP contribution < -0.4 is 11.1 Å². The summed E-state index contributed by atoms with van der Waals surface area (Å²) in [4.78, 5) is 19.5. The van der Waals surface area contributed by atoms with Crippen molar-refractivity contribution in [3.8, 4) is 0 Å². The van der Waals surface area contributed by atoms with E-state index >= 15 is 0 Å². The van der Waals surface area contributed by atoms with Gasteiger partial charge in [-0.1, -0.05) is 13.8 Å². The van der Waals surface area contributed by atoms with Gasteiger partial charge in [0.1, 0.15) is 5.82 Å². The highest BCUT2D eigenvalue weighted by atomic mass is 16.5. The maximum atomic E-state index is 11.4. The van der Waals surface area contributed by atoms with Crippen molar-refractivity contribution in [2.45, 2.75) is 26.8 Å². The first-order valence-corrected chi connectivity index (χ1v) is 5.87. The number of esters is 1. The molecule has 0 aliphatic rings. The summed E-state index contributed by atoms with van der Waals surface area (Å²) in [5.41, 5.74) is 6.63. The Bertz CT molecular complexity index is 421. The summed E-state index contributed by atoms with van der Waals surface area (Å²) in [5, 5.41) is 3.10. The van der Waals surface area contributed by atoms with E-state index in [1.54, 1.807) is 13.0 Å². The number of ether oxygens (including phenoxy) is 1. The Kier molecular flexibility index (Phi) is 5.03. The van der Waals surface area contributed by atoms with Crippen molar-refractivity contribution in [2.75, 3.05) is 19.0 Å². The molecule has 0 bridgehead atoms. The van der Waals surface area contributed by atoms with Crippen molar-refractivity contribution in [1.82, 2.24) is 9.97 Å². The Hall–Kier alpha value is -1.69. The van der Waals surface area contributed by atoms with Crippen LogP contribution in [-0.4, -0.2) is 35.6 Å². The lowest BCUT2D eigenvalue weighted by Gasteiger charge is -2.16. The highest BCUT2D eigenvalue weighted by Crippen LogP contribution is 2.08. The van der Waals surface area contributed by atoms with Gasteiger partial charge < -0.3 is 15.8 Å². The molecule has 100 valence electrons. The highest BCUT2D eigenvalue weighted by molar-refractivity contribution is 5.85. The van der Waals surface area contributed by atoms with Crippen LogP contribution >= 0.6 is 0 Å². The summed E-state index contributed by atoms with van der Waals surface area (Å²) in [6.45, 7) is 6.49. The Morgan fingerprint density at radius 3 is 2.72 bits per heavy atom. The van der Waals surface area contributed by atoms with E-state index in [0.29, 0.717) is 24.0 Å². The van der Waals surface area contributed by atoms with Crippen LogP contribution in [0.15, 0.2) is 6.07 Å². The van der Waals surface area contributed by atoms with E-state index in [1.807, 2.05) is 0 Å². The third kappa shape index (κ3) is 3.96. The molecule has 1 unspecified atom stereocenters. The van der Waals surface area contributed by atoms with Gasteiger partial charge in [-0.3, -0.25) is 0 Å². The van der Waals surface area contributed by atoms with Gasteiger partial charge >= 0.3 is 5.97 Å². The van der Waals surface area contributed by atoms with Crippen LogP contribution in [0, 0.1) is 12.8 Å². The fraction of sp³-hybridized carbons (Fsp3) is 0.583. The second kappa shape index (κ2) is 6.30. The number of anilines is 1. The molecule has 0 saturated heterocycles. The van der Waals surface area contributed by atoms with E-state index in [9.17, 15) is 4.79 Å². The topological polar surface area (TPSA) is 90.1 Å². The lowest BCUT2D eigenvalue weighted by molar-refractivity contribution is 0.0586. The number of rotatable bonds is 5. The minimum atomic E-state index is -0.546. The molecule has 3 N–H and O–H groups in total. The van der Waals surface area contributed by atoms with Gasteiger partial charge in [0.25, 0.3) is 0 Å². The zero-order valence-electron chi connectivity index (χ0n) is 11.2. The first kappa shape index (κ1) is 14.4. The second-order valence-electron chi connectivity index (χ2n) is 4.50. The summed E-state index contributed by atoms with van der Waals surface area (Å²) >= 11 is 0. The third-order valence-electron chi connectivity index (χ3n) is 2.60. The lowest BCUT2D eigenvalue weighted by Crippen LogP contribution is -2.34. The predicted molar refractivity (Wildman–Crippen MR) is 69.4 cm³/mol. The van der Waals surface area contributed by atoms with Gasteiger partial charge in [0, 0.05) is 24.3 Å². The number of carbonyl (C=O) groups is 1. The van der Waals surface area contributed by atoms with Crippen molar-refractivity contribution >= 4 is 11.8 Å². The molecule has 0 fully saturated rings. The standard InChI is InChI=1S/C12H20N4O2/c1-7(2)9(13)6-14-10-5-8(3)15-11(16-10)12(17)18-4/h5,7,9H,6,13H2,1-4H3,(H,14,15,16). The maximum absolute atomic E-state index is 11.4. The Labute approximate surface area is 107 Å². The summed E-state index contributed by atoms with van der Waals surface area (Å²) in [6.07, 6.45) is 0. The molecule has 0 aliphatic heterocycles. The van der Waals surface area contributed by atoms with Gasteiger partial charge in [-0.25, -0.2) is 14.8 Å². The van der Waals surface area contributed by atoms with Crippen molar-refractivity contribution < 1.29 is 9.53 Å². The number of nitrogens with one attached hydrogen (secondary N) is 1. The summed E-state index contributed by atoms with van der Waals surface area (Å²) in [7, 11) is 1.30. The number of hydrogen-bond acceptors (Lipinski definition) is 6. The van der Waals surface area contributed by atoms with Crippen molar-refractivity contribution in [2.24, 2.45) is 11.7 Å². The first-order valence-electron chi connectivity index (χ1n) is 5.87. The quantitative estimate of drug-likeness (QED) is 0.759. The molecular weight excluding hydrogens is 232 g/mol. The fourth-order valence-corrected chi connectivity index (χ4v) is 1.30. The van der Waals surface area contributed by atoms with Crippen molar-refractivity contribution in [1.29, 1.82) is 0 Å². The number of nitrogens with two attached hydrogens (primary N) is 1. The van der Waals surface area contributed by atoms with E-state index in [0.717, 1.165) is 0 Å². The Morgan fingerprint density at radius 1 is 1.50 bits per heavy atom. The molecule has 0 spiro atoms. The monoisotopic (exact) mass is 252 g/mol. The van der Waals surface area contributed by atoms with Crippen LogP contribution in [0.2, 0.25) is 0 Å². The summed E-state index contributed by atoms with van der Waals surface area (Å²) < 4.78 is 4.59. The summed E-state index contributed by atoms with van der Waals surface area (Å²) in [5.74, 6) is 0.465. The number of nitrogens with zero attached hydrogens (tertiary/aromatic N) is 2. The number of hydrogen-bond donors (Lipinski definition) is 2. The molecule has 0 radical (unpaired) electrons. The summed E-state index contributed by atoms with van der Waals surface area (Å²) in [6, 6.07) is 1.79. The lowest BCUT2D eigenvalue weighted by atomic mass is 10.1. The molecule has 18 heavy (non-hydrogen) atoms. The molecule has 6 heteroatoms. The van der Waals surface area contributed by atoms with E-state index in [2.05, 4.69) is 33.9 Å². The van der Waals surface area contributed by atoms with Crippen LogP contribution in [-0.2, 0) is 4.74 Å². The van der Waals surface area contributed by atoms with Crippen LogP contribution in [0.4, 0.5) is 5.82 Å². The van der Waals surface area contributed by atoms with Gasteiger partial charge in [-0.15, -0.1) is 0 Å². The normalized spacial score (nSPS) is 12.3. The van der Waals surface area contributed by atoms with E-state index in [4.69, 9.17) is 5.73 Å². The van der Waals surface area contributed by atoms with Gasteiger partial charge in [-0.05, 0) is 12.8 Å².